The molecular formula is C10H18O5S. The third kappa shape index (κ3) is 2.11. The Morgan fingerprint density at radius 3 is 2.81 bits per heavy atom. The lowest BCUT2D eigenvalue weighted by Gasteiger charge is -2.28. The average Bonchev–Trinajstić information content (AvgIpc) is 2.71. The molecule has 2 heterocycles. The first-order chi connectivity index (χ1) is 7.48. The maximum atomic E-state index is 11.8. The largest absolute Gasteiger partial charge is 0.396 e. The molecule has 0 aliphatic carbocycles. The lowest BCUT2D eigenvalue weighted by atomic mass is 10.1. The Kier molecular flexibility index (Phi) is 3.27. The molecule has 0 aromatic carbocycles. The van der Waals surface area contributed by atoms with Gasteiger partial charge in [0.2, 0.25) is 0 Å². The van der Waals surface area contributed by atoms with E-state index in [9.17, 15) is 8.42 Å². The van der Waals surface area contributed by atoms with Crippen LogP contribution in [0.5, 0.6) is 0 Å². The monoisotopic (exact) mass is 250 g/mol. The molecule has 0 saturated carbocycles. The summed E-state index contributed by atoms with van der Waals surface area (Å²) in [6.45, 7) is 2.09. The molecule has 0 aromatic rings. The highest BCUT2D eigenvalue weighted by Gasteiger charge is 2.51. The second-order valence-corrected chi connectivity index (χ2v) is 6.88. The van der Waals surface area contributed by atoms with Gasteiger partial charge in [-0.25, -0.2) is 8.42 Å². The van der Waals surface area contributed by atoms with Crippen molar-refractivity contribution in [3.8, 4) is 0 Å². The van der Waals surface area contributed by atoms with Crippen LogP contribution in [0.3, 0.4) is 0 Å². The molecule has 1 N–H and O–H groups in total. The summed E-state index contributed by atoms with van der Waals surface area (Å²) in [5, 5.41) is 8.26. The van der Waals surface area contributed by atoms with Gasteiger partial charge in [-0.1, -0.05) is 0 Å². The average molecular weight is 250 g/mol. The molecule has 2 aliphatic heterocycles. The Balaban J connectivity index is 2.10. The summed E-state index contributed by atoms with van der Waals surface area (Å²) in [6, 6.07) is 0. The summed E-state index contributed by atoms with van der Waals surface area (Å²) < 4.78 is 34.8. The standard InChI is InChI=1S/C10H18O5S/c1-10(9-3-2-6-16(9,12)13)14-7-8(15-10)4-5-11/h8-9,11H,2-7H2,1H3. The zero-order chi connectivity index (χ0) is 11.8. The Morgan fingerprint density at radius 2 is 2.25 bits per heavy atom. The van der Waals surface area contributed by atoms with E-state index in [1.54, 1.807) is 6.92 Å². The number of aliphatic hydroxyl groups excluding tert-OH is 1. The molecular weight excluding hydrogens is 232 g/mol. The zero-order valence-electron chi connectivity index (χ0n) is 9.39. The fourth-order valence-corrected chi connectivity index (χ4v) is 4.65. The highest BCUT2D eigenvalue weighted by Crippen LogP contribution is 2.37. The highest BCUT2D eigenvalue weighted by molar-refractivity contribution is 7.92. The Bertz CT molecular complexity index is 352. The van der Waals surface area contributed by atoms with E-state index in [1.807, 2.05) is 0 Å². The van der Waals surface area contributed by atoms with Crippen LogP contribution in [-0.2, 0) is 19.3 Å². The number of ether oxygens (including phenoxy) is 2. The van der Waals surface area contributed by atoms with Gasteiger partial charge in [0, 0.05) is 6.61 Å². The van der Waals surface area contributed by atoms with Gasteiger partial charge in [-0.2, -0.15) is 0 Å². The number of rotatable bonds is 3. The van der Waals surface area contributed by atoms with Crippen molar-refractivity contribution in [2.75, 3.05) is 19.0 Å². The second kappa shape index (κ2) is 4.25. The van der Waals surface area contributed by atoms with E-state index in [-0.39, 0.29) is 18.5 Å². The maximum Gasteiger partial charge on any atom is 0.182 e. The van der Waals surface area contributed by atoms with Gasteiger partial charge < -0.3 is 14.6 Å². The first-order valence-electron chi connectivity index (χ1n) is 5.62. The van der Waals surface area contributed by atoms with Crippen LogP contribution in [0.1, 0.15) is 26.2 Å². The number of hydrogen-bond acceptors (Lipinski definition) is 5. The molecule has 5 nitrogen and oxygen atoms in total. The van der Waals surface area contributed by atoms with E-state index < -0.39 is 20.9 Å². The molecule has 0 bridgehead atoms. The minimum absolute atomic E-state index is 0.0293. The molecule has 3 atom stereocenters. The Morgan fingerprint density at radius 1 is 1.50 bits per heavy atom. The fourth-order valence-electron chi connectivity index (χ4n) is 2.49. The fraction of sp³-hybridized carbons (Fsp3) is 1.00. The molecule has 6 heteroatoms. The van der Waals surface area contributed by atoms with E-state index in [1.165, 1.54) is 0 Å². The number of aliphatic hydroxyl groups is 1. The first kappa shape index (κ1) is 12.3. The van der Waals surface area contributed by atoms with Crippen LogP contribution in [0.4, 0.5) is 0 Å². The van der Waals surface area contributed by atoms with Gasteiger partial charge in [-0.05, 0) is 26.2 Å². The quantitative estimate of drug-likeness (QED) is 0.768. The Hall–Kier alpha value is -0.170. The molecule has 3 unspecified atom stereocenters. The van der Waals surface area contributed by atoms with Gasteiger partial charge in [-0.3, -0.25) is 0 Å². The van der Waals surface area contributed by atoms with Crippen LogP contribution < -0.4 is 0 Å². The highest BCUT2D eigenvalue weighted by atomic mass is 32.2. The maximum absolute atomic E-state index is 11.8. The molecule has 0 aromatic heterocycles. The van der Waals surface area contributed by atoms with Crippen molar-refractivity contribution in [1.82, 2.24) is 0 Å². The smallest absolute Gasteiger partial charge is 0.182 e. The van der Waals surface area contributed by atoms with Crippen LogP contribution in [0.25, 0.3) is 0 Å². The van der Waals surface area contributed by atoms with Gasteiger partial charge in [0.1, 0.15) is 5.25 Å². The zero-order valence-corrected chi connectivity index (χ0v) is 10.2. The van der Waals surface area contributed by atoms with E-state index >= 15 is 0 Å². The van der Waals surface area contributed by atoms with Gasteiger partial charge >= 0.3 is 0 Å². The molecule has 16 heavy (non-hydrogen) atoms. The topological polar surface area (TPSA) is 72.8 Å². The molecule has 0 amide bonds. The van der Waals surface area contributed by atoms with Gasteiger partial charge in [0.25, 0.3) is 0 Å². The lowest BCUT2D eigenvalue weighted by Crippen LogP contribution is -2.43. The van der Waals surface area contributed by atoms with Crippen LogP contribution in [0.15, 0.2) is 0 Å². The summed E-state index contributed by atoms with van der Waals surface area (Å²) in [5.41, 5.74) is 0. The van der Waals surface area contributed by atoms with Crippen LogP contribution in [0.2, 0.25) is 0 Å². The molecule has 0 radical (unpaired) electrons. The Labute approximate surface area is 95.7 Å². The molecule has 2 saturated heterocycles. The minimum Gasteiger partial charge on any atom is -0.396 e. The van der Waals surface area contributed by atoms with E-state index in [2.05, 4.69) is 0 Å². The van der Waals surface area contributed by atoms with Crippen molar-refractivity contribution >= 4 is 9.84 Å². The summed E-state index contributed by atoms with van der Waals surface area (Å²) in [6.07, 6.45) is 1.58. The molecule has 0 spiro atoms. The number of hydrogen-bond donors (Lipinski definition) is 1. The van der Waals surface area contributed by atoms with Crippen molar-refractivity contribution in [3.63, 3.8) is 0 Å². The normalized spacial score (nSPS) is 42.6. The SMILES string of the molecule is CC1(C2CCCS2(=O)=O)OCC(CCO)O1. The van der Waals surface area contributed by atoms with E-state index in [0.29, 0.717) is 25.9 Å². The molecule has 2 rings (SSSR count). The lowest BCUT2D eigenvalue weighted by molar-refractivity contribution is -0.155. The van der Waals surface area contributed by atoms with Crippen molar-refractivity contribution in [2.45, 2.75) is 43.3 Å². The molecule has 2 fully saturated rings. The third-order valence-corrected chi connectivity index (χ3v) is 5.71. The second-order valence-electron chi connectivity index (χ2n) is 4.58. The summed E-state index contributed by atoms with van der Waals surface area (Å²) in [4.78, 5) is 0. The third-order valence-electron chi connectivity index (χ3n) is 3.32. The van der Waals surface area contributed by atoms with Gasteiger partial charge in [0.15, 0.2) is 15.6 Å². The van der Waals surface area contributed by atoms with Crippen molar-refractivity contribution in [2.24, 2.45) is 0 Å². The molecule has 2 aliphatic rings. The van der Waals surface area contributed by atoms with Crippen molar-refractivity contribution in [3.05, 3.63) is 0 Å². The molecule has 94 valence electrons. The number of sulfone groups is 1. The van der Waals surface area contributed by atoms with Crippen LogP contribution >= 0.6 is 0 Å². The van der Waals surface area contributed by atoms with E-state index in [4.69, 9.17) is 14.6 Å². The predicted molar refractivity (Wildman–Crippen MR) is 57.7 cm³/mol. The van der Waals surface area contributed by atoms with Crippen LogP contribution in [-0.4, -0.2) is 49.6 Å². The summed E-state index contributed by atoms with van der Waals surface area (Å²) >= 11 is 0. The van der Waals surface area contributed by atoms with E-state index in [0.717, 1.165) is 0 Å². The van der Waals surface area contributed by atoms with Gasteiger partial charge in [0.05, 0.1) is 18.5 Å². The predicted octanol–water partition coefficient (Wildman–Crippen LogP) is 0.0776. The van der Waals surface area contributed by atoms with Crippen molar-refractivity contribution < 1.29 is 23.0 Å². The summed E-state index contributed by atoms with van der Waals surface area (Å²) in [5.74, 6) is -0.792. The van der Waals surface area contributed by atoms with Crippen LogP contribution in [0, 0.1) is 0 Å². The first-order valence-corrected chi connectivity index (χ1v) is 7.34. The van der Waals surface area contributed by atoms with Crippen molar-refractivity contribution in [1.29, 1.82) is 0 Å². The minimum atomic E-state index is -3.08. The van der Waals surface area contributed by atoms with Gasteiger partial charge in [-0.15, -0.1) is 0 Å². The summed E-state index contributed by atoms with van der Waals surface area (Å²) in [7, 11) is -3.08.